The molecule has 4 rings (SSSR count). The van der Waals surface area contributed by atoms with Gasteiger partial charge in [-0.1, -0.05) is 0 Å². The van der Waals surface area contributed by atoms with Gasteiger partial charge in [-0.2, -0.15) is 11.3 Å². The number of amides is 1. The van der Waals surface area contributed by atoms with E-state index in [0.717, 1.165) is 38.4 Å². The molecule has 4 nitrogen and oxygen atoms in total. The molecule has 0 aromatic carbocycles. The van der Waals surface area contributed by atoms with Crippen LogP contribution in [-0.4, -0.2) is 49.2 Å². The maximum atomic E-state index is 12.3. The normalized spacial score (nSPS) is 34.1. The summed E-state index contributed by atoms with van der Waals surface area (Å²) >= 11 is 1.67. The van der Waals surface area contributed by atoms with E-state index in [9.17, 15) is 4.79 Å². The van der Waals surface area contributed by atoms with E-state index in [4.69, 9.17) is 4.74 Å². The first-order valence-electron chi connectivity index (χ1n) is 7.49. The van der Waals surface area contributed by atoms with Crippen molar-refractivity contribution in [2.75, 3.05) is 31.2 Å². The van der Waals surface area contributed by atoms with Crippen LogP contribution in [0.1, 0.15) is 19.3 Å². The molecule has 20 heavy (non-hydrogen) atoms. The number of anilines is 1. The van der Waals surface area contributed by atoms with Gasteiger partial charge < -0.3 is 9.64 Å². The molecule has 0 aliphatic carbocycles. The van der Waals surface area contributed by atoms with Crippen LogP contribution in [0.25, 0.3) is 0 Å². The van der Waals surface area contributed by atoms with Crippen LogP contribution in [-0.2, 0) is 9.53 Å². The van der Waals surface area contributed by atoms with E-state index >= 15 is 0 Å². The number of ether oxygens (including phenoxy) is 1. The molecule has 108 valence electrons. The van der Waals surface area contributed by atoms with E-state index in [1.54, 1.807) is 11.3 Å². The molecular weight excluding hydrogens is 272 g/mol. The van der Waals surface area contributed by atoms with Gasteiger partial charge in [-0.05, 0) is 30.2 Å². The number of likely N-dealkylation sites (tertiary alicyclic amines) is 1. The lowest BCUT2D eigenvalue weighted by atomic mass is 10.1. The van der Waals surface area contributed by atoms with Crippen LogP contribution in [0.15, 0.2) is 16.8 Å². The first kappa shape index (κ1) is 12.8. The Balaban J connectivity index is 1.49. The minimum absolute atomic E-state index is 0.297. The molecule has 5 heteroatoms. The van der Waals surface area contributed by atoms with Crippen molar-refractivity contribution in [3.63, 3.8) is 0 Å². The Morgan fingerprint density at radius 2 is 2.30 bits per heavy atom. The van der Waals surface area contributed by atoms with Gasteiger partial charge in [0.25, 0.3) is 0 Å². The van der Waals surface area contributed by atoms with E-state index in [1.807, 2.05) is 4.90 Å². The zero-order chi connectivity index (χ0) is 13.5. The summed E-state index contributed by atoms with van der Waals surface area (Å²) in [6.07, 6.45) is 2.98. The Kier molecular flexibility index (Phi) is 3.28. The zero-order valence-electron chi connectivity index (χ0n) is 11.5. The Bertz CT molecular complexity index is 484. The van der Waals surface area contributed by atoms with Gasteiger partial charge in [-0.25, -0.2) is 0 Å². The number of nitrogens with zero attached hydrogens (tertiary/aromatic N) is 2. The van der Waals surface area contributed by atoms with E-state index in [2.05, 4.69) is 21.7 Å². The van der Waals surface area contributed by atoms with Crippen LogP contribution in [0.2, 0.25) is 0 Å². The third kappa shape index (κ3) is 2.08. The summed E-state index contributed by atoms with van der Waals surface area (Å²) in [6.45, 7) is 4.04. The molecule has 0 unspecified atom stereocenters. The van der Waals surface area contributed by atoms with Crippen LogP contribution in [0, 0.1) is 5.92 Å². The average Bonchev–Trinajstić information content (AvgIpc) is 3.16. The molecule has 3 aliphatic rings. The first-order chi connectivity index (χ1) is 9.83. The van der Waals surface area contributed by atoms with Crippen LogP contribution in [0.5, 0.6) is 0 Å². The van der Waals surface area contributed by atoms with E-state index in [-0.39, 0.29) is 0 Å². The fourth-order valence-corrected chi connectivity index (χ4v) is 4.57. The molecule has 0 spiro atoms. The smallest absolute Gasteiger partial charge is 0.228 e. The molecule has 1 amide bonds. The van der Waals surface area contributed by atoms with Gasteiger partial charge in [-0.3, -0.25) is 9.69 Å². The van der Waals surface area contributed by atoms with Crippen molar-refractivity contribution >= 4 is 22.9 Å². The largest absolute Gasteiger partial charge is 0.381 e. The fraction of sp³-hybridized carbons (Fsp3) is 0.667. The molecule has 3 saturated heterocycles. The number of rotatable bonds is 3. The molecule has 3 fully saturated rings. The van der Waals surface area contributed by atoms with E-state index < -0.39 is 0 Å². The molecular formula is C15H20N2O2S. The lowest BCUT2D eigenvalue weighted by Gasteiger charge is -2.26. The molecule has 4 heterocycles. The lowest BCUT2D eigenvalue weighted by molar-refractivity contribution is -0.117. The van der Waals surface area contributed by atoms with Crippen LogP contribution in [0.3, 0.4) is 0 Å². The summed E-state index contributed by atoms with van der Waals surface area (Å²) in [5.41, 5.74) is 1.10. The standard InChI is InChI=1S/C15H20N2O2S/c18-15-7-14-13(17(15)12-3-6-20-10-12)1-4-16(14)8-11-2-5-19-9-11/h3,6,10-11,13-14H,1-2,4-5,7-9H2/t11-,13-,14+/m1/s1. The number of hydrogen-bond donors (Lipinski definition) is 0. The Morgan fingerprint density at radius 1 is 1.35 bits per heavy atom. The van der Waals surface area contributed by atoms with Crippen molar-refractivity contribution in [3.05, 3.63) is 16.8 Å². The highest BCUT2D eigenvalue weighted by Crippen LogP contribution is 2.37. The van der Waals surface area contributed by atoms with E-state index in [1.165, 1.54) is 6.42 Å². The van der Waals surface area contributed by atoms with Gasteiger partial charge >= 0.3 is 0 Å². The summed E-state index contributed by atoms with van der Waals surface area (Å²) in [4.78, 5) is 16.9. The third-order valence-corrected chi connectivity index (χ3v) is 5.58. The number of carbonyl (C=O) groups is 1. The highest BCUT2D eigenvalue weighted by molar-refractivity contribution is 7.08. The van der Waals surface area contributed by atoms with Crippen molar-refractivity contribution in [1.82, 2.24) is 4.90 Å². The van der Waals surface area contributed by atoms with Crippen molar-refractivity contribution in [2.24, 2.45) is 5.92 Å². The third-order valence-electron chi connectivity index (χ3n) is 4.91. The number of fused-ring (bicyclic) bond motifs is 1. The van der Waals surface area contributed by atoms with Crippen molar-refractivity contribution in [3.8, 4) is 0 Å². The van der Waals surface area contributed by atoms with Crippen LogP contribution >= 0.6 is 11.3 Å². The second-order valence-corrected chi connectivity index (χ2v) is 6.88. The minimum Gasteiger partial charge on any atom is -0.381 e. The number of hydrogen-bond acceptors (Lipinski definition) is 4. The Morgan fingerprint density at radius 3 is 3.05 bits per heavy atom. The average molecular weight is 292 g/mol. The monoisotopic (exact) mass is 292 g/mol. The molecule has 1 aromatic rings. The van der Waals surface area contributed by atoms with Gasteiger partial charge in [-0.15, -0.1) is 0 Å². The highest BCUT2D eigenvalue weighted by atomic mass is 32.1. The zero-order valence-corrected chi connectivity index (χ0v) is 12.3. The van der Waals surface area contributed by atoms with Crippen LogP contribution in [0.4, 0.5) is 5.69 Å². The molecule has 3 atom stereocenters. The number of carbonyl (C=O) groups excluding carboxylic acids is 1. The number of thiophene rings is 1. The summed E-state index contributed by atoms with van der Waals surface area (Å²) in [5.74, 6) is 0.963. The van der Waals surface area contributed by atoms with Gasteiger partial charge in [0.15, 0.2) is 0 Å². The molecule has 0 saturated carbocycles. The van der Waals surface area contributed by atoms with Crippen LogP contribution < -0.4 is 4.90 Å². The van der Waals surface area contributed by atoms with Gasteiger partial charge in [0.1, 0.15) is 0 Å². The molecule has 0 bridgehead atoms. The minimum atomic E-state index is 0.297. The summed E-state index contributed by atoms with van der Waals surface area (Å²) < 4.78 is 5.48. The lowest BCUT2D eigenvalue weighted by Crippen LogP contribution is -2.39. The molecule has 1 aromatic heterocycles. The quantitative estimate of drug-likeness (QED) is 0.854. The second-order valence-electron chi connectivity index (χ2n) is 6.10. The van der Waals surface area contributed by atoms with Crippen molar-refractivity contribution in [2.45, 2.75) is 31.3 Å². The molecule has 3 aliphatic heterocycles. The van der Waals surface area contributed by atoms with Gasteiger partial charge in [0, 0.05) is 37.5 Å². The van der Waals surface area contributed by atoms with E-state index in [0.29, 0.717) is 30.3 Å². The molecule has 0 radical (unpaired) electrons. The SMILES string of the molecule is O=C1C[C@H]2[C@@H](CCN2C[C@H]2CCOC2)N1c1ccsc1. The predicted molar refractivity (Wildman–Crippen MR) is 79.1 cm³/mol. The summed E-state index contributed by atoms with van der Waals surface area (Å²) in [7, 11) is 0. The predicted octanol–water partition coefficient (Wildman–Crippen LogP) is 1.96. The Hall–Kier alpha value is -0.910. The summed E-state index contributed by atoms with van der Waals surface area (Å²) in [6, 6.07) is 2.88. The highest BCUT2D eigenvalue weighted by Gasteiger charge is 2.47. The fourth-order valence-electron chi connectivity index (χ4n) is 3.94. The summed E-state index contributed by atoms with van der Waals surface area (Å²) in [5, 5.41) is 4.15. The topological polar surface area (TPSA) is 32.8 Å². The van der Waals surface area contributed by atoms with Crippen molar-refractivity contribution < 1.29 is 9.53 Å². The first-order valence-corrected chi connectivity index (χ1v) is 8.43. The maximum Gasteiger partial charge on any atom is 0.228 e. The molecule has 0 N–H and O–H groups in total. The van der Waals surface area contributed by atoms with Gasteiger partial charge in [0.2, 0.25) is 5.91 Å². The Labute approximate surface area is 123 Å². The van der Waals surface area contributed by atoms with Crippen molar-refractivity contribution in [1.29, 1.82) is 0 Å². The second kappa shape index (κ2) is 5.13. The maximum absolute atomic E-state index is 12.3. The van der Waals surface area contributed by atoms with Gasteiger partial charge in [0.05, 0.1) is 18.3 Å².